The Morgan fingerprint density at radius 3 is 2.52 bits per heavy atom. The minimum atomic E-state index is 0. The standard InChI is InChI=1S/C16H22N2OS.ClH/c1-12(20-11-13-5-3-2-4-6-13)16(19)18-9-14-7-17-8-15(14)10-18;/h2-6,12,14-15,17H,7-11H2,1H3;1H/t12?,14-,15+;. The molecule has 116 valence electrons. The van der Waals surface area contributed by atoms with Crippen molar-refractivity contribution >= 4 is 30.1 Å². The second kappa shape index (κ2) is 7.52. The van der Waals surface area contributed by atoms with E-state index in [1.807, 2.05) is 13.0 Å². The molecule has 3 nitrogen and oxygen atoms in total. The SMILES string of the molecule is CC(SCc1ccccc1)C(=O)N1C[C@H]2CNC[C@H]2C1.Cl. The highest BCUT2D eigenvalue weighted by molar-refractivity contribution is 7.99. The summed E-state index contributed by atoms with van der Waals surface area (Å²) < 4.78 is 0. The number of hydrogen-bond acceptors (Lipinski definition) is 3. The molecule has 0 saturated carbocycles. The summed E-state index contributed by atoms with van der Waals surface area (Å²) in [7, 11) is 0. The van der Waals surface area contributed by atoms with Crippen LogP contribution in [0.25, 0.3) is 0 Å². The van der Waals surface area contributed by atoms with Crippen LogP contribution in [0.3, 0.4) is 0 Å². The van der Waals surface area contributed by atoms with Crippen molar-refractivity contribution in [3.63, 3.8) is 0 Å². The van der Waals surface area contributed by atoms with Crippen molar-refractivity contribution in [1.82, 2.24) is 10.2 Å². The molecule has 1 aromatic rings. The van der Waals surface area contributed by atoms with Crippen LogP contribution in [-0.4, -0.2) is 42.2 Å². The Morgan fingerprint density at radius 1 is 1.29 bits per heavy atom. The number of carbonyl (C=O) groups is 1. The van der Waals surface area contributed by atoms with Gasteiger partial charge in [-0.3, -0.25) is 4.79 Å². The molecule has 2 aliphatic heterocycles. The first kappa shape index (κ1) is 16.7. The topological polar surface area (TPSA) is 32.3 Å². The second-order valence-electron chi connectivity index (χ2n) is 5.86. The van der Waals surface area contributed by atoms with Gasteiger partial charge >= 0.3 is 0 Å². The van der Waals surface area contributed by atoms with Crippen LogP contribution in [0.15, 0.2) is 30.3 Å². The minimum absolute atomic E-state index is 0. The first-order valence-corrected chi connectivity index (χ1v) is 8.44. The molecule has 1 aromatic carbocycles. The first-order chi connectivity index (χ1) is 9.74. The van der Waals surface area contributed by atoms with Crippen LogP contribution >= 0.6 is 24.2 Å². The summed E-state index contributed by atoms with van der Waals surface area (Å²) >= 11 is 1.75. The molecule has 5 heteroatoms. The fourth-order valence-corrected chi connectivity index (χ4v) is 4.09. The van der Waals surface area contributed by atoms with Gasteiger partial charge in [0.05, 0.1) is 5.25 Å². The van der Waals surface area contributed by atoms with Crippen molar-refractivity contribution in [3.8, 4) is 0 Å². The molecule has 3 atom stereocenters. The van der Waals surface area contributed by atoms with E-state index in [9.17, 15) is 4.79 Å². The number of hydrogen-bond donors (Lipinski definition) is 1. The third kappa shape index (κ3) is 3.93. The molecule has 0 aromatic heterocycles. The van der Waals surface area contributed by atoms with Crippen LogP contribution in [0.5, 0.6) is 0 Å². The molecule has 21 heavy (non-hydrogen) atoms. The summed E-state index contributed by atoms with van der Waals surface area (Å²) in [6.45, 7) is 6.11. The summed E-state index contributed by atoms with van der Waals surface area (Å²) in [5.41, 5.74) is 1.29. The predicted molar refractivity (Wildman–Crippen MR) is 90.9 cm³/mol. The Hall–Kier alpha value is -0.710. The van der Waals surface area contributed by atoms with Crippen LogP contribution < -0.4 is 5.32 Å². The number of fused-ring (bicyclic) bond motifs is 1. The highest BCUT2D eigenvalue weighted by Crippen LogP contribution is 2.28. The molecule has 2 fully saturated rings. The van der Waals surface area contributed by atoms with Gasteiger partial charge in [0.1, 0.15) is 0 Å². The van der Waals surface area contributed by atoms with Gasteiger partial charge in [0.15, 0.2) is 0 Å². The van der Waals surface area contributed by atoms with Crippen LogP contribution in [0.2, 0.25) is 0 Å². The van der Waals surface area contributed by atoms with Crippen LogP contribution in [-0.2, 0) is 10.5 Å². The third-order valence-electron chi connectivity index (χ3n) is 4.39. The van der Waals surface area contributed by atoms with Gasteiger partial charge in [0.25, 0.3) is 0 Å². The van der Waals surface area contributed by atoms with E-state index in [2.05, 4.69) is 34.5 Å². The minimum Gasteiger partial charge on any atom is -0.341 e. The van der Waals surface area contributed by atoms with Crippen molar-refractivity contribution in [2.75, 3.05) is 26.2 Å². The maximum Gasteiger partial charge on any atom is 0.235 e. The van der Waals surface area contributed by atoms with Gasteiger partial charge in [0.2, 0.25) is 5.91 Å². The van der Waals surface area contributed by atoms with Crippen molar-refractivity contribution in [2.24, 2.45) is 11.8 Å². The summed E-state index contributed by atoms with van der Waals surface area (Å²) in [5.74, 6) is 2.60. The lowest BCUT2D eigenvalue weighted by Gasteiger charge is -2.21. The number of nitrogens with one attached hydrogen (secondary N) is 1. The monoisotopic (exact) mass is 326 g/mol. The van der Waals surface area contributed by atoms with Crippen molar-refractivity contribution < 1.29 is 4.79 Å². The normalized spacial score (nSPS) is 25.3. The zero-order chi connectivity index (χ0) is 13.9. The molecule has 1 N–H and O–H groups in total. The lowest BCUT2D eigenvalue weighted by molar-refractivity contribution is -0.129. The molecule has 3 rings (SSSR count). The Balaban J connectivity index is 0.00000161. The number of amides is 1. The molecule has 0 spiro atoms. The lowest BCUT2D eigenvalue weighted by Crippen LogP contribution is -2.36. The molecule has 1 amide bonds. The number of carbonyl (C=O) groups excluding carboxylic acids is 1. The number of nitrogens with zero attached hydrogens (tertiary/aromatic N) is 1. The molecule has 2 saturated heterocycles. The van der Waals surface area contributed by atoms with Gasteiger partial charge in [-0.1, -0.05) is 30.3 Å². The van der Waals surface area contributed by atoms with E-state index in [4.69, 9.17) is 0 Å². The van der Waals surface area contributed by atoms with E-state index >= 15 is 0 Å². The number of halogens is 1. The molecule has 2 heterocycles. The molecule has 0 aliphatic carbocycles. The maximum absolute atomic E-state index is 12.5. The fraction of sp³-hybridized carbons (Fsp3) is 0.562. The van der Waals surface area contributed by atoms with Gasteiger partial charge in [-0.2, -0.15) is 0 Å². The highest BCUT2D eigenvalue weighted by atomic mass is 35.5. The van der Waals surface area contributed by atoms with E-state index in [0.29, 0.717) is 17.7 Å². The van der Waals surface area contributed by atoms with Gasteiger partial charge in [-0.25, -0.2) is 0 Å². The average Bonchev–Trinajstić information content (AvgIpc) is 3.06. The van der Waals surface area contributed by atoms with Crippen LogP contribution in [0.1, 0.15) is 12.5 Å². The fourth-order valence-electron chi connectivity index (χ4n) is 3.16. The van der Waals surface area contributed by atoms with E-state index in [-0.39, 0.29) is 17.7 Å². The van der Waals surface area contributed by atoms with Crippen molar-refractivity contribution in [2.45, 2.75) is 17.9 Å². The van der Waals surface area contributed by atoms with Gasteiger partial charge < -0.3 is 10.2 Å². The number of rotatable bonds is 4. The first-order valence-electron chi connectivity index (χ1n) is 7.39. The average molecular weight is 327 g/mol. The summed E-state index contributed by atoms with van der Waals surface area (Å²) in [6, 6.07) is 10.4. The molecule has 0 bridgehead atoms. The number of benzene rings is 1. The third-order valence-corrected chi connectivity index (χ3v) is 5.59. The zero-order valence-electron chi connectivity index (χ0n) is 12.3. The van der Waals surface area contributed by atoms with Crippen molar-refractivity contribution in [1.29, 1.82) is 0 Å². The number of thioether (sulfide) groups is 1. The maximum atomic E-state index is 12.5. The Labute approximate surface area is 137 Å². The van der Waals surface area contributed by atoms with E-state index < -0.39 is 0 Å². The van der Waals surface area contributed by atoms with E-state index in [0.717, 1.165) is 31.9 Å². The summed E-state index contributed by atoms with van der Waals surface area (Å²) in [5, 5.41) is 3.47. The van der Waals surface area contributed by atoms with Crippen molar-refractivity contribution in [3.05, 3.63) is 35.9 Å². The molecule has 2 aliphatic rings. The molecule has 1 unspecified atom stereocenters. The Kier molecular flexibility index (Phi) is 5.97. The van der Waals surface area contributed by atoms with E-state index in [1.165, 1.54) is 5.56 Å². The van der Waals surface area contributed by atoms with Crippen LogP contribution in [0, 0.1) is 11.8 Å². The van der Waals surface area contributed by atoms with Gasteiger partial charge in [-0.15, -0.1) is 24.2 Å². The lowest BCUT2D eigenvalue weighted by atomic mass is 10.0. The van der Waals surface area contributed by atoms with Gasteiger partial charge in [-0.05, 0) is 24.3 Å². The Bertz CT molecular complexity index is 459. The molecular formula is C16H23ClN2OS. The quantitative estimate of drug-likeness (QED) is 0.922. The zero-order valence-corrected chi connectivity index (χ0v) is 14.0. The molecular weight excluding hydrogens is 304 g/mol. The van der Waals surface area contributed by atoms with Crippen LogP contribution in [0.4, 0.5) is 0 Å². The highest BCUT2D eigenvalue weighted by Gasteiger charge is 2.38. The molecule has 0 radical (unpaired) electrons. The predicted octanol–water partition coefficient (Wildman–Crippen LogP) is 2.41. The summed E-state index contributed by atoms with van der Waals surface area (Å²) in [6.07, 6.45) is 0. The largest absolute Gasteiger partial charge is 0.341 e. The van der Waals surface area contributed by atoms with Gasteiger partial charge in [0, 0.05) is 31.9 Å². The smallest absolute Gasteiger partial charge is 0.235 e. The second-order valence-corrected chi connectivity index (χ2v) is 7.19. The Morgan fingerprint density at radius 2 is 1.90 bits per heavy atom. The number of likely N-dealkylation sites (tertiary alicyclic amines) is 1. The van der Waals surface area contributed by atoms with E-state index in [1.54, 1.807) is 11.8 Å². The summed E-state index contributed by atoms with van der Waals surface area (Å²) in [4.78, 5) is 14.6.